The Morgan fingerprint density at radius 1 is 1.37 bits per heavy atom. The number of nitrogens with zero attached hydrogens (tertiary/aromatic N) is 2. The van der Waals surface area contributed by atoms with Crippen LogP contribution in [0.3, 0.4) is 0 Å². The minimum atomic E-state index is -1.20. The quantitative estimate of drug-likeness (QED) is 0.809. The van der Waals surface area contributed by atoms with E-state index in [1.54, 1.807) is 4.90 Å². The van der Waals surface area contributed by atoms with Gasteiger partial charge in [0.15, 0.2) is 12.0 Å². The molecule has 1 aromatic carbocycles. The van der Waals surface area contributed by atoms with Crippen LogP contribution in [-0.2, 0) is 24.2 Å². The van der Waals surface area contributed by atoms with E-state index < -0.39 is 6.10 Å². The number of aromatic nitrogens is 1. The van der Waals surface area contributed by atoms with E-state index in [0.29, 0.717) is 31.2 Å². The van der Waals surface area contributed by atoms with Gasteiger partial charge in [-0.25, -0.2) is 4.98 Å². The van der Waals surface area contributed by atoms with Crippen LogP contribution >= 0.6 is 0 Å². The van der Waals surface area contributed by atoms with Gasteiger partial charge in [-0.2, -0.15) is 0 Å². The first-order valence-electron chi connectivity index (χ1n) is 9.56. The molecule has 2 heterocycles. The number of benzene rings is 1. The fourth-order valence-corrected chi connectivity index (χ4v) is 3.13. The lowest BCUT2D eigenvalue weighted by atomic mass is 10.1. The van der Waals surface area contributed by atoms with E-state index in [1.165, 1.54) is 0 Å². The number of aliphatic hydroxyl groups excluding tert-OH is 1. The normalized spacial score (nSPS) is 14.9. The number of carbonyl (C=O) groups excluding carboxylic acids is 1. The van der Waals surface area contributed by atoms with Crippen LogP contribution in [0, 0.1) is 12.8 Å². The van der Waals surface area contributed by atoms with Gasteiger partial charge in [-0.1, -0.05) is 32.0 Å². The summed E-state index contributed by atoms with van der Waals surface area (Å²) in [6.07, 6.45) is 1.27. The smallest absolute Gasteiger partial charge is 0.255 e. The second-order valence-electron chi connectivity index (χ2n) is 7.51. The van der Waals surface area contributed by atoms with Crippen molar-refractivity contribution in [1.82, 2.24) is 9.88 Å². The fraction of sp³-hybridized carbons (Fsp3) is 0.524. The SMILES string of the molecule is Cc1ccccc1OCC(O)C(=O)N1CCc2oc(CCC(C)C)nc2C1. The summed E-state index contributed by atoms with van der Waals surface area (Å²) in [4.78, 5) is 18.7. The average Bonchev–Trinajstić information content (AvgIpc) is 3.07. The highest BCUT2D eigenvalue weighted by Gasteiger charge is 2.29. The summed E-state index contributed by atoms with van der Waals surface area (Å²) in [6, 6.07) is 7.54. The Morgan fingerprint density at radius 3 is 2.89 bits per heavy atom. The molecule has 1 aliphatic heterocycles. The van der Waals surface area contributed by atoms with Crippen molar-refractivity contribution in [1.29, 1.82) is 0 Å². The zero-order valence-corrected chi connectivity index (χ0v) is 16.3. The molecule has 0 radical (unpaired) electrons. The molecular formula is C21H28N2O4. The van der Waals surface area contributed by atoms with Gasteiger partial charge in [0.05, 0.1) is 6.54 Å². The van der Waals surface area contributed by atoms with Crippen LogP contribution in [0.1, 0.15) is 43.2 Å². The molecule has 6 nitrogen and oxygen atoms in total. The van der Waals surface area contributed by atoms with Crippen molar-refractivity contribution in [3.63, 3.8) is 0 Å². The summed E-state index contributed by atoms with van der Waals surface area (Å²) >= 11 is 0. The second-order valence-corrected chi connectivity index (χ2v) is 7.51. The number of para-hydroxylation sites is 1. The predicted octanol–water partition coefficient (Wildman–Crippen LogP) is 2.90. The number of aryl methyl sites for hydroxylation is 2. The number of amides is 1. The molecular weight excluding hydrogens is 344 g/mol. The highest BCUT2D eigenvalue weighted by atomic mass is 16.5. The molecule has 1 aliphatic rings. The molecule has 146 valence electrons. The van der Waals surface area contributed by atoms with Crippen LogP contribution in [-0.4, -0.2) is 40.2 Å². The van der Waals surface area contributed by atoms with Crippen LogP contribution in [0.2, 0.25) is 0 Å². The maximum atomic E-state index is 12.6. The molecule has 0 bridgehead atoms. The highest BCUT2D eigenvalue weighted by Crippen LogP contribution is 2.22. The first-order valence-corrected chi connectivity index (χ1v) is 9.56. The van der Waals surface area contributed by atoms with Gasteiger partial charge in [-0.3, -0.25) is 4.79 Å². The summed E-state index contributed by atoms with van der Waals surface area (Å²) in [5.74, 6) is 2.54. The molecule has 0 spiro atoms. The Hall–Kier alpha value is -2.34. The second kappa shape index (κ2) is 8.57. The van der Waals surface area contributed by atoms with E-state index >= 15 is 0 Å². The van der Waals surface area contributed by atoms with Gasteiger partial charge in [0.25, 0.3) is 5.91 Å². The molecule has 0 saturated carbocycles. The molecule has 27 heavy (non-hydrogen) atoms. The molecule has 2 aromatic rings. The van der Waals surface area contributed by atoms with E-state index in [0.717, 1.165) is 35.7 Å². The Bertz CT molecular complexity index is 784. The first-order chi connectivity index (χ1) is 12.9. The van der Waals surface area contributed by atoms with E-state index in [4.69, 9.17) is 9.15 Å². The Kier molecular flexibility index (Phi) is 6.16. The van der Waals surface area contributed by atoms with Gasteiger partial charge in [0.1, 0.15) is 23.8 Å². The Labute approximate surface area is 160 Å². The maximum Gasteiger partial charge on any atom is 0.255 e. The lowest BCUT2D eigenvalue weighted by Gasteiger charge is -2.27. The molecule has 0 aliphatic carbocycles. The third kappa shape index (κ3) is 4.89. The van der Waals surface area contributed by atoms with Crippen molar-refractivity contribution < 1.29 is 19.1 Å². The first kappa shape index (κ1) is 19.4. The number of hydrogen-bond donors (Lipinski definition) is 1. The van der Waals surface area contributed by atoms with Gasteiger partial charge in [-0.15, -0.1) is 0 Å². The minimum absolute atomic E-state index is 0.0640. The van der Waals surface area contributed by atoms with Gasteiger partial charge in [-0.05, 0) is 30.9 Å². The molecule has 0 saturated heterocycles. The van der Waals surface area contributed by atoms with Crippen molar-refractivity contribution in [2.24, 2.45) is 5.92 Å². The number of carbonyl (C=O) groups is 1. The zero-order valence-electron chi connectivity index (χ0n) is 16.3. The predicted molar refractivity (Wildman–Crippen MR) is 101 cm³/mol. The minimum Gasteiger partial charge on any atom is -0.490 e. The van der Waals surface area contributed by atoms with Crippen molar-refractivity contribution >= 4 is 5.91 Å². The number of hydrogen-bond acceptors (Lipinski definition) is 5. The molecule has 1 aromatic heterocycles. The molecule has 0 fully saturated rings. The van der Waals surface area contributed by atoms with E-state index in [1.807, 2.05) is 31.2 Å². The molecule has 1 atom stereocenters. The Balaban J connectivity index is 1.56. The van der Waals surface area contributed by atoms with Gasteiger partial charge in [0, 0.05) is 19.4 Å². The number of oxazole rings is 1. The number of aliphatic hydroxyl groups is 1. The number of fused-ring (bicyclic) bond motifs is 1. The van der Waals surface area contributed by atoms with Gasteiger partial charge < -0.3 is 19.2 Å². The molecule has 1 unspecified atom stereocenters. The average molecular weight is 372 g/mol. The van der Waals surface area contributed by atoms with Crippen LogP contribution in [0.4, 0.5) is 0 Å². The van der Waals surface area contributed by atoms with Crippen molar-refractivity contribution in [2.45, 2.75) is 52.7 Å². The van der Waals surface area contributed by atoms with E-state index in [9.17, 15) is 9.90 Å². The van der Waals surface area contributed by atoms with E-state index in [2.05, 4.69) is 18.8 Å². The van der Waals surface area contributed by atoms with Gasteiger partial charge >= 0.3 is 0 Å². The van der Waals surface area contributed by atoms with Crippen molar-refractivity contribution in [3.8, 4) is 5.75 Å². The van der Waals surface area contributed by atoms with Crippen LogP contribution in [0.5, 0.6) is 5.75 Å². The van der Waals surface area contributed by atoms with Crippen LogP contribution in [0.25, 0.3) is 0 Å². The summed E-state index contributed by atoms with van der Waals surface area (Å²) in [6.45, 7) is 7.10. The Morgan fingerprint density at radius 2 is 2.15 bits per heavy atom. The number of ether oxygens (including phenoxy) is 1. The molecule has 1 amide bonds. The summed E-state index contributed by atoms with van der Waals surface area (Å²) in [7, 11) is 0. The third-order valence-electron chi connectivity index (χ3n) is 4.79. The summed E-state index contributed by atoms with van der Waals surface area (Å²) in [5.41, 5.74) is 1.77. The van der Waals surface area contributed by atoms with Crippen molar-refractivity contribution in [3.05, 3.63) is 47.2 Å². The standard InChI is InChI=1S/C21H28N2O4/c1-14(2)8-9-20-22-16-12-23(11-10-19(16)27-20)21(25)17(24)13-26-18-7-5-4-6-15(18)3/h4-7,14,17,24H,8-13H2,1-3H3. The summed E-state index contributed by atoms with van der Waals surface area (Å²) in [5, 5.41) is 10.3. The largest absolute Gasteiger partial charge is 0.490 e. The lowest BCUT2D eigenvalue weighted by Crippen LogP contribution is -2.44. The fourth-order valence-electron chi connectivity index (χ4n) is 3.13. The maximum absolute atomic E-state index is 12.6. The molecule has 1 N–H and O–H groups in total. The van der Waals surface area contributed by atoms with E-state index in [-0.39, 0.29) is 12.5 Å². The van der Waals surface area contributed by atoms with Crippen molar-refractivity contribution in [2.75, 3.05) is 13.2 Å². The lowest BCUT2D eigenvalue weighted by molar-refractivity contribution is -0.142. The highest BCUT2D eigenvalue weighted by molar-refractivity contribution is 5.81. The van der Waals surface area contributed by atoms with Crippen LogP contribution in [0.15, 0.2) is 28.7 Å². The zero-order chi connectivity index (χ0) is 19.4. The van der Waals surface area contributed by atoms with Gasteiger partial charge in [0.2, 0.25) is 0 Å². The monoisotopic (exact) mass is 372 g/mol. The molecule has 6 heteroatoms. The molecule has 3 rings (SSSR count). The van der Waals surface area contributed by atoms with Crippen LogP contribution < -0.4 is 4.74 Å². The number of rotatable bonds is 7. The third-order valence-corrected chi connectivity index (χ3v) is 4.79. The topological polar surface area (TPSA) is 75.8 Å². The summed E-state index contributed by atoms with van der Waals surface area (Å²) < 4.78 is 11.4.